The van der Waals surface area contributed by atoms with E-state index in [1.807, 2.05) is 0 Å². The van der Waals surface area contributed by atoms with Crippen LogP contribution < -0.4 is 4.74 Å². The van der Waals surface area contributed by atoms with E-state index in [-0.39, 0.29) is 18.0 Å². The number of pyridine rings is 1. The van der Waals surface area contributed by atoms with Crippen molar-refractivity contribution >= 4 is 17.4 Å². The molecule has 0 amide bonds. The van der Waals surface area contributed by atoms with E-state index in [4.69, 9.17) is 16.3 Å². The number of carbonyl (C=O) groups excluding carboxylic acids is 1. The van der Waals surface area contributed by atoms with Gasteiger partial charge < -0.3 is 4.74 Å². The molecule has 0 radical (unpaired) electrons. The number of nitrogens with zero attached hydrogens (tertiary/aromatic N) is 1. The Bertz CT molecular complexity index is 557. The molecule has 18 heavy (non-hydrogen) atoms. The molecule has 0 unspecified atom stereocenters. The van der Waals surface area contributed by atoms with Crippen molar-refractivity contribution in [3.8, 4) is 5.75 Å². The second-order valence-electron chi connectivity index (χ2n) is 3.56. The lowest BCUT2D eigenvalue weighted by atomic mass is 10.2. The minimum absolute atomic E-state index is 0.174. The molecule has 0 atom stereocenters. The Balaban J connectivity index is 1.98. The third-order valence-corrected chi connectivity index (χ3v) is 2.46. The van der Waals surface area contributed by atoms with Crippen LogP contribution in [0.25, 0.3) is 0 Å². The summed E-state index contributed by atoms with van der Waals surface area (Å²) in [5.41, 5.74) is 0.184. The Hall–Kier alpha value is -1.94. The van der Waals surface area contributed by atoms with Crippen LogP contribution >= 0.6 is 11.6 Å². The Labute approximate surface area is 108 Å². The van der Waals surface area contributed by atoms with Gasteiger partial charge in [-0.15, -0.1) is 0 Å². The molecule has 5 heteroatoms. The van der Waals surface area contributed by atoms with E-state index in [0.29, 0.717) is 10.8 Å². The highest BCUT2D eigenvalue weighted by Gasteiger charge is 2.08. The van der Waals surface area contributed by atoms with Gasteiger partial charge in [0.15, 0.2) is 6.61 Å². The van der Waals surface area contributed by atoms with E-state index < -0.39 is 5.82 Å². The molecule has 2 aromatic rings. The summed E-state index contributed by atoms with van der Waals surface area (Å²) in [6, 6.07) is 7.75. The first-order valence-corrected chi connectivity index (χ1v) is 5.55. The lowest BCUT2D eigenvalue weighted by Crippen LogP contribution is -2.12. The number of Topliss-reactive ketones (excluding diaryl/α,β-unsaturated/α-hetero) is 1. The van der Waals surface area contributed by atoms with Gasteiger partial charge in [0.05, 0.1) is 6.20 Å². The van der Waals surface area contributed by atoms with Crippen molar-refractivity contribution in [3.63, 3.8) is 0 Å². The molecular formula is C13H9ClFNO2. The fourth-order valence-corrected chi connectivity index (χ4v) is 1.45. The summed E-state index contributed by atoms with van der Waals surface area (Å²) >= 11 is 5.72. The zero-order valence-corrected chi connectivity index (χ0v) is 10.0. The van der Waals surface area contributed by atoms with Crippen LogP contribution in [0, 0.1) is 5.82 Å². The van der Waals surface area contributed by atoms with Crippen LogP contribution in [0.4, 0.5) is 4.39 Å². The summed E-state index contributed by atoms with van der Waals surface area (Å²) < 4.78 is 18.1. The van der Waals surface area contributed by atoms with Crippen molar-refractivity contribution in [1.29, 1.82) is 0 Å². The fourth-order valence-electron chi connectivity index (χ4n) is 1.33. The number of halogens is 2. The second-order valence-corrected chi connectivity index (χ2v) is 3.99. The topological polar surface area (TPSA) is 39.2 Å². The molecule has 0 aliphatic carbocycles. The average Bonchev–Trinajstić information content (AvgIpc) is 2.38. The molecule has 1 aromatic carbocycles. The van der Waals surface area contributed by atoms with Crippen molar-refractivity contribution in [2.24, 2.45) is 0 Å². The summed E-state index contributed by atoms with van der Waals surface area (Å²) in [6.45, 7) is -0.174. The predicted octanol–water partition coefficient (Wildman–Crippen LogP) is 3.14. The first-order valence-electron chi connectivity index (χ1n) is 5.17. The van der Waals surface area contributed by atoms with Gasteiger partial charge in [0.2, 0.25) is 5.78 Å². The summed E-state index contributed by atoms with van der Waals surface area (Å²) in [4.78, 5) is 15.3. The number of ether oxygens (including phenoxy) is 1. The molecule has 0 saturated heterocycles. The van der Waals surface area contributed by atoms with Crippen LogP contribution in [-0.4, -0.2) is 17.4 Å². The molecule has 92 valence electrons. The van der Waals surface area contributed by atoms with Gasteiger partial charge in [-0.1, -0.05) is 11.6 Å². The maximum absolute atomic E-state index is 12.9. The molecule has 0 fully saturated rings. The summed E-state index contributed by atoms with van der Waals surface area (Å²) in [6.07, 6.45) is 2.34. The molecule has 0 aliphatic rings. The standard InChI is InChI=1S/C13H9ClFNO2/c14-10-1-3-12(4-2-10)18-8-13(17)9-5-11(15)7-16-6-9/h1-7H,8H2. The van der Waals surface area contributed by atoms with Gasteiger partial charge in [-0.3, -0.25) is 9.78 Å². The third kappa shape index (κ3) is 3.28. The Morgan fingerprint density at radius 2 is 2.00 bits per heavy atom. The number of rotatable bonds is 4. The quantitative estimate of drug-likeness (QED) is 0.797. The minimum Gasteiger partial charge on any atom is -0.485 e. The maximum atomic E-state index is 12.9. The van der Waals surface area contributed by atoms with E-state index in [0.717, 1.165) is 12.3 Å². The number of benzene rings is 1. The van der Waals surface area contributed by atoms with E-state index in [9.17, 15) is 9.18 Å². The summed E-state index contributed by atoms with van der Waals surface area (Å²) in [7, 11) is 0. The van der Waals surface area contributed by atoms with Crippen molar-refractivity contribution in [2.75, 3.05) is 6.61 Å². The number of hydrogen-bond donors (Lipinski definition) is 0. The highest BCUT2D eigenvalue weighted by molar-refractivity contribution is 6.30. The van der Waals surface area contributed by atoms with Crippen LogP contribution in [-0.2, 0) is 0 Å². The van der Waals surface area contributed by atoms with Crippen molar-refractivity contribution in [3.05, 3.63) is 59.1 Å². The lowest BCUT2D eigenvalue weighted by Gasteiger charge is -2.05. The van der Waals surface area contributed by atoms with Gasteiger partial charge >= 0.3 is 0 Å². The zero-order valence-electron chi connectivity index (χ0n) is 9.27. The molecule has 0 aliphatic heterocycles. The Kier molecular flexibility index (Phi) is 3.89. The van der Waals surface area contributed by atoms with Crippen molar-refractivity contribution < 1.29 is 13.9 Å². The number of carbonyl (C=O) groups is 1. The van der Waals surface area contributed by atoms with E-state index in [1.165, 1.54) is 6.20 Å². The lowest BCUT2D eigenvalue weighted by molar-refractivity contribution is 0.0920. The highest BCUT2D eigenvalue weighted by Crippen LogP contribution is 2.15. The van der Waals surface area contributed by atoms with Crippen LogP contribution in [0.5, 0.6) is 5.75 Å². The largest absolute Gasteiger partial charge is 0.485 e. The second kappa shape index (κ2) is 5.60. The van der Waals surface area contributed by atoms with Crippen molar-refractivity contribution in [1.82, 2.24) is 4.98 Å². The van der Waals surface area contributed by atoms with Gasteiger partial charge in [-0.25, -0.2) is 4.39 Å². The Morgan fingerprint density at radius 1 is 1.28 bits per heavy atom. The van der Waals surface area contributed by atoms with Gasteiger partial charge in [0, 0.05) is 16.8 Å². The highest BCUT2D eigenvalue weighted by atomic mass is 35.5. The molecule has 0 spiro atoms. The molecule has 0 N–H and O–H groups in total. The maximum Gasteiger partial charge on any atom is 0.201 e. The monoisotopic (exact) mass is 265 g/mol. The smallest absolute Gasteiger partial charge is 0.201 e. The van der Waals surface area contributed by atoms with Crippen LogP contribution in [0.3, 0.4) is 0 Å². The van der Waals surface area contributed by atoms with Gasteiger partial charge in [-0.2, -0.15) is 0 Å². The zero-order chi connectivity index (χ0) is 13.0. The Morgan fingerprint density at radius 3 is 2.67 bits per heavy atom. The van der Waals surface area contributed by atoms with Gasteiger partial charge in [0.1, 0.15) is 11.6 Å². The number of hydrogen-bond acceptors (Lipinski definition) is 3. The van der Waals surface area contributed by atoms with E-state index in [1.54, 1.807) is 24.3 Å². The molecule has 2 rings (SSSR count). The molecule has 1 heterocycles. The SMILES string of the molecule is O=C(COc1ccc(Cl)cc1)c1cncc(F)c1. The average molecular weight is 266 g/mol. The molecule has 0 saturated carbocycles. The first-order chi connectivity index (χ1) is 8.65. The fraction of sp³-hybridized carbons (Fsp3) is 0.0769. The molecular weight excluding hydrogens is 257 g/mol. The van der Waals surface area contributed by atoms with Gasteiger partial charge in [-0.05, 0) is 30.3 Å². The summed E-state index contributed by atoms with van der Waals surface area (Å²) in [5.74, 6) is -0.360. The predicted molar refractivity (Wildman–Crippen MR) is 65.5 cm³/mol. The summed E-state index contributed by atoms with van der Waals surface area (Å²) in [5, 5.41) is 0.586. The van der Waals surface area contributed by atoms with Crippen molar-refractivity contribution in [2.45, 2.75) is 0 Å². The molecule has 1 aromatic heterocycles. The van der Waals surface area contributed by atoms with Crippen LogP contribution in [0.1, 0.15) is 10.4 Å². The number of aromatic nitrogens is 1. The molecule has 0 bridgehead atoms. The van der Waals surface area contributed by atoms with Crippen LogP contribution in [0.2, 0.25) is 5.02 Å². The molecule has 3 nitrogen and oxygen atoms in total. The van der Waals surface area contributed by atoms with Crippen LogP contribution in [0.15, 0.2) is 42.7 Å². The van der Waals surface area contributed by atoms with E-state index >= 15 is 0 Å². The number of ketones is 1. The normalized spacial score (nSPS) is 10.1. The van der Waals surface area contributed by atoms with E-state index in [2.05, 4.69) is 4.98 Å². The first kappa shape index (κ1) is 12.5. The third-order valence-electron chi connectivity index (χ3n) is 2.21. The minimum atomic E-state index is -0.549. The van der Waals surface area contributed by atoms with Gasteiger partial charge in [0.25, 0.3) is 0 Å².